The predicted molar refractivity (Wildman–Crippen MR) is 120 cm³/mol. The highest BCUT2D eigenvalue weighted by molar-refractivity contribution is 6.36. The highest BCUT2D eigenvalue weighted by Crippen LogP contribution is 2.37. The van der Waals surface area contributed by atoms with Crippen LogP contribution in [-0.2, 0) is 19.1 Å². The number of carbonyl (C=O) groups excluding carboxylic acids is 4. The summed E-state index contributed by atoms with van der Waals surface area (Å²) in [6, 6.07) is 10.6. The highest BCUT2D eigenvalue weighted by Gasteiger charge is 2.47. The third-order valence-corrected chi connectivity index (χ3v) is 5.94. The van der Waals surface area contributed by atoms with Crippen molar-refractivity contribution in [2.45, 2.75) is 12.8 Å². The van der Waals surface area contributed by atoms with Crippen LogP contribution in [0.3, 0.4) is 0 Å². The molecule has 7 nitrogen and oxygen atoms in total. The van der Waals surface area contributed by atoms with Gasteiger partial charge in [0.1, 0.15) is 0 Å². The Labute approximate surface area is 193 Å². The van der Waals surface area contributed by atoms with Gasteiger partial charge in [0, 0.05) is 5.02 Å². The molecule has 1 aliphatic heterocycles. The first kappa shape index (κ1) is 22.0. The normalized spacial score (nSPS) is 19.6. The van der Waals surface area contributed by atoms with Crippen molar-refractivity contribution in [3.05, 3.63) is 70.2 Å². The molecule has 0 radical (unpaired) electrons. The average molecular weight is 473 g/mol. The van der Waals surface area contributed by atoms with Crippen LogP contribution < -0.4 is 10.2 Å². The fraction of sp³-hybridized carbons (Fsp3) is 0.217. The number of amides is 3. The van der Waals surface area contributed by atoms with Crippen molar-refractivity contribution in [2.75, 3.05) is 16.8 Å². The summed E-state index contributed by atoms with van der Waals surface area (Å²) in [5.74, 6) is -2.62. The predicted octanol–water partition coefficient (Wildman–Crippen LogP) is 4.24. The van der Waals surface area contributed by atoms with Crippen LogP contribution >= 0.6 is 23.2 Å². The summed E-state index contributed by atoms with van der Waals surface area (Å²) in [7, 11) is 0. The number of esters is 1. The van der Waals surface area contributed by atoms with Crippen LogP contribution in [0.25, 0.3) is 0 Å². The van der Waals surface area contributed by atoms with E-state index in [2.05, 4.69) is 5.32 Å². The van der Waals surface area contributed by atoms with Gasteiger partial charge < -0.3 is 10.1 Å². The third-order valence-electron chi connectivity index (χ3n) is 5.39. The topological polar surface area (TPSA) is 92.8 Å². The van der Waals surface area contributed by atoms with Crippen LogP contribution in [0.4, 0.5) is 11.4 Å². The summed E-state index contributed by atoms with van der Waals surface area (Å²) < 4.78 is 5.07. The molecule has 9 heteroatoms. The molecule has 2 aromatic rings. The van der Waals surface area contributed by atoms with Gasteiger partial charge in [-0.15, -0.1) is 0 Å². The minimum Gasteiger partial charge on any atom is -0.452 e. The van der Waals surface area contributed by atoms with E-state index in [1.54, 1.807) is 18.2 Å². The molecule has 1 aliphatic carbocycles. The molecule has 0 saturated carbocycles. The number of hydrogen-bond donors (Lipinski definition) is 1. The Morgan fingerprint density at radius 3 is 2.34 bits per heavy atom. The summed E-state index contributed by atoms with van der Waals surface area (Å²) >= 11 is 11.8. The van der Waals surface area contributed by atoms with Crippen LogP contribution in [0, 0.1) is 11.8 Å². The quantitative estimate of drug-likeness (QED) is 0.398. The van der Waals surface area contributed by atoms with Gasteiger partial charge >= 0.3 is 5.97 Å². The number of allylic oxidation sites excluding steroid dienone is 2. The zero-order valence-corrected chi connectivity index (χ0v) is 18.2. The van der Waals surface area contributed by atoms with Crippen molar-refractivity contribution in [3.63, 3.8) is 0 Å². The largest absolute Gasteiger partial charge is 0.452 e. The Balaban J connectivity index is 1.41. The molecular weight excluding hydrogens is 455 g/mol. The molecule has 2 aromatic carbocycles. The first-order valence-corrected chi connectivity index (χ1v) is 10.7. The first-order valence-electron chi connectivity index (χ1n) is 9.90. The second-order valence-corrected chi connectivity index (χ2v) is 8.31. The third kappa shape index (κ3) is 4.40. The van der Waals surface area contributed by atoms with E-state index in [0.717, 1.165) is 4.90 Å². The van der Waals surface area contributed by atoms with E-state index in [1.807, 2.05) is 12.2 Å². The molecule has 4 rings (SSSR count). The van der Waals surface area contributed by atoms with E-state index in [1.165, 1.54) is 24.3 Å². The Morgan fingerprint density at radius 2 is 1.69 bits per heavy atom. The van der Waals surface area contributed by atoms with Gasteiger partial charge in [-0.05, 0) is 49.2 Å². The fourth-order valence-corrected chi connectivity index (χ4v) is 4.27. The lowest BCUT2D eigenvalue weighted by Gasteiger charge is -2.15. The van der Waals surface area contributed by atoms with E-state index in [0.29, 0.717) is 29.2 Å². The van der Waals surface area contributed by atoms with Crippen LogP contribution in [0.2, 0.25) is 10.0 Å². The average Bonchev–Trinajstić information content (AvgIpc) is 3.04. The van der Waals surface area contributed by atoms with Crippen LogP contribution in [0.1, 0.15) is 23.2 Å². The molecule has 0 bridgehead atoms. The van der Waals surface area contributed by atoms with Crippen molar-refractivity contribution < 1.29 is 23.9 Å². The van der Waals surface area contributed by atoms with Gasteiger partial charge in [0.2, 0.25) is 11.8 Å². The first-order chi connectivity index (χ1) is 15.3. The van der Waals surface area contributed by atoms with Crippen molar-refractivity contribution in [2.24, 2.45) is 11.8 Å². The van der Waals surface area contributed by atoms with Crippen LogP contribution in [-0.4, -0.2) is 30.3 Å². The van der Waals surface area contributed by atoms with Gasteiger partial charge in [-0.1, -0.05) is 41.4 Å². The molecule has 164 valence electrons. The second kappa shape index (κ2) is 9.14. The van der Waals surface area contributed by atoms with Crippen molar-refractivity contribution in [1.82, 2.24) is 0 Å². The number of imide groups is 1. The molecular formula is C23H18Cl2N2O5. The molecule has 1 N–H and O–H groups in total. The summed E-state index contributed by atoms with van der Waals surface area (Å²) in [4.78, 5) is 51.2. The number of ether oxygens (including phenoxy) is 1. The lowest BCUT2D eigenvalue weighted by molar-refractivity contribution is -0.122. The summed E-state index contributed by atoms with van der Waals surface area (Å²) in [6.45, 7) is -0.542. The monoisotopic (exact) mass is 472 g/mol. The number of halogens is 2. The highest BCUT2D eigenvalue weighted by atomic mass is 35.5. The summed E-state index contributed by atoms with van der Waals surface area (Å²) in [5, 5.41) is 3.20. The van der Waals surface area contributed by atoms with Gasteiger partial charge in [0.15, 0.2) is 6.61 Å². The number of nitrogens with zero attached hydrogens (tertiary/aromatic N) is 1. The van der Waals surface area contributed by atoms with Gasteiger partial charge in [-0.2, -0.15) is 0 Å². The number of nitrogens with one attached hydrogen (secondary N) is 1. The van der Waals surface area contributed by atoms with Crippen molar-refractivity contribution in [3.8, 4) is 0 Å². The lowest BCUT2D eigenvalue weighted by atomic mass is 9.85. The summed E-state index contributed by atoms with van der Waals surface area (Å²) in [5.41, 5.74) is 0.760. The molecule has 2 atom stereocenters. The van der Waals surface area contributed by atoms with Crippen LogP contribution in [0.15, 0.2) is 54.6 Å². The molecule has 1 heterocycles. The standard InChI is InChI=1S/C23H18Cl2N2O5/c24-14-8-9-19(18(25)11-14)26-20(28)12-32-23(31)13-4-3-5-15(10-13)27-21(29)16-6-1-2-7-17(16)22(27)30/h1-5,8-11,16-17H,6-7,12H2,(H,26,28)/t16-,17-/m0/s1. The van der Waals surface area contributed by atoms with E-state index < -0.39 is 18.5 Å². The molecule has 0 spiro atoms. The molecule has 1 fully saturated rings. The molecule has 2 aliphatic rings. The van der Waals surface area contributed by atoms with Gasteiger partial charge in [0.25, 0.3) is 5.91 Å². The Kier molecular flexibility index (Phi) is 6.30. The zero-order valence-electron chi connectivity index (χ0n) is 16.7. The number of benzene rings is 2. The summed E-state index contributed by atoms with van der Waals surface area (Å²) in [6.07, 6.45) is 4.87. The Bertz CT molecular complexity index is 1120. The molecule has 0 aromatic heterocycles. The number of carbonyl (C=O) groups is 4. The maximum absolute atomic E-state index is 12.8. The van der Waals surface area contributed by atoms with E-state index in [-0.39, 0.29) is 34.2 Å². The van der Waals surface area contributed by atoms with E-state index in [4.69, 9.17) is 27.9 Å². The Morgan fingerprint density at radius 1 is 1.00 bits per heavy atom. The SMILES string of the molecule is O=C(COC(=O)c1cccc(N2C(=O)[C@H]3CC=CC[C@@H]3C2=O)c1)Nc1ccc(Cl)cc1Cl. The minimum absolute atomic E-state index is 0.119. The van der Waals surface area contributed by atoms with Gasteiger partial charge in [-0.25, -0.2) is 4.79 Å². The molecule has 0 unspecified atom stereocenters. The maximum Gasteiger partial charge on any atom is 0.338 e. The molecule has 32 heavy (non-hydrogen) atoms. The minimum atomic E-state index is -0.762. The maximum atomic E-state index is 12.8. The zero-order chi connectivity index (χ0) is 22.8. The number of rotatable bonds is 5. The molecule has 3 amide bonds. The number of anilines is 2. The lowest BCUT2D eigenvalue weighted by Crippen LogP contribution is -2.31. The Hall–Kier alpha value is -3.16. The smallest absolute Gasteiger partial charge is 0.338 e. The van der Waals surface area contributed by atoms with Crippen molar-refractivity contribution in [1.29, 1.82) is 0 Å². The van der Waals surface area contributed by atoms with Gasteiger partial charge in [0.05, 0.1) is 33.8 Å². The second-order valence-electron chi connectivity index (χ2n) is 7.47. The number of hydrogen-bond acceptors (Lipinski definition) is 5. The van der Waals surface area contributed by atoms with E-state index >= 15 is 0 Å². The van der Waals surface area contributed by atoms with Gasteiger partial charge in [-0.3, -0.25) is 19.3 Å². The van der Waals surface area contributed by atoms with Crippen molar-refractivity contribution >= 4 is 58.3 Å². The van der Waals surface area contributed by atoms with Crippen LogP contribution in [0.5, 0.6) is 0 Å². The van der Waals surface area contributed by atoms with E-state index in [9.17, 15) is 19.2 Å². The molecule has 1 saturated heterocycles. The fourth-order valence-electron chi connectivity index (χ4n) is 3.82. The number of fused-ring (bicyclic) bond motifs is 1.